The van der Waals surface area contributed by atoms with Crippen LogP contribution in [0.2, 0.25) is 0 Å². The average Bonchev–Trinajstić information content (AvgIpc) is 2.20. The van der Waals surface area contributed by atoms with Crippen LogP contribution in [0.1, 0.15) is 27.2 Å². The van der Waals surface area contributed by atoms with E-state index in [9.17, 15) is 9.59 Å². The van der Waals surface area contributed by atoms with Gasteiger partial charge in [-0.25, -0.2) is 9.59 Å². The summed E-state index contributed by atoms with van der Waals surface area (Å²) >= 11 is 0. The molecule has 0 aromatic rings. The molecule has 0 aromatic heterocycles. The molecule has 1 unspecified atom stereocenters. The molecule has 0 aliphatic rings. The van der Waals surface area contributed by atoms with Crippen molar-refractivity contribution in [3.8, 4) is 11.8 Å². The lowest BCUT2D eigenvalue weighted by molar-refractivity contribution is -0.140. The Balaban J connectivity index is 3.99. The third kappa shape index (κ3) is 5.91. The van der Waals surface area contributed by atoms with Gasteiger partial charge in [0.25, 0.3) is 0 Å². The molecule has 0 heterocycles. The van der Waals surface area contributed by atoms with E-state index >= 15 is 0 Å². The molecule has 1 atom stereocenters. The zero-order valence-corrected chi connectivity index (χ0v) is 9.83. The minimum absolute atomic E-state index is 0.154. The highest BCUT2D eigenvalue weighted by molar-refractivity contribution is 5.82. The Bertz CT molecular complexity index is 302. The van der Waals surface area contributed by atoms with Crippen molar-refractivity contribution in [2.75, 3.05) is 6.54 Å². The van der Waals surface area contributed by atoms with Crippen molar-refractivity contribution >= 4 is 12.0 Å². The van der Waals surface area contributed by atoms with Gasteiger partial charge < -0.3 is 15.7 Å². The average molecular weight is 226 g/mol. The number of urea groups is 1. The molecule has 0 aromatic carbocycles. The monoisotopic (exact) mass is 226 g/mol. The number of carbonyl (C=O) groups is 2. The van der Waals surface area contributed by atoms with Crippen molar-refractivity contribution < 1.29 is 14.7 Å². The number of amides is 2. The molecule has 16 heavy (non-hydrogen) atoms. The number of rotatable bonds is 5. The van der Waals surface area contributed by atoms with Gasteiger partial charge in [0.15, 0.2) is 0 Å². The molecule has 0 saturated carbocycles. The summed E-state index contributed by atoms with van der Waals surface area (Å²) in [5.74, 6) is 4.31. The highest BCUT2D eigenvalue weighted by Gasteiger charge is 2.22. The molecule has 90 valence electrons. The summed E-state index contributed by atoms with van der Waals surface area (Å²) in [6, 6.07) is -1.34. The predicted molar refractivity (Wildman–Crippen MR) is 60.9 cm³/mol. The van der Waals surface area contributed by atoms with Gasteiger partial charge in [0, 0.05) is 13.0 Å². The van der Waals surface area contributed by atoms with Crippen LogP contribution in [0.3, 0.4) is 0 Å². The number of hydrogen-bond acceptors (Lipinski definition) is 2. The highest BCUT2D eigenvalue weighted by Crippen LogP contribution is 2.00. The van der Waals surface area contributed by atoms with E-state index < -0.39 is 18.0 Å². The maximum Gasteiger partial charge on any atom is 0.326 e. The second-order valence-electron chi connectivity index (χ2n) is 3.64. The first-order chi connectivity index (χ1) is 7.49. The number of carboxylic acid groups (broad SMARTS) is 1. The summed E-state index contributed by atoms with van der Waals surface area (Å²) in [6.45, 7) is 5.61. The smallest absolute Gasteiger partial charge is 0.326 e. The second kappa shape index (κ2) is 7.57. The first-order valence-electron chi connectivity index (χ1n) is 5.15. The van der Waals surface area contributed by atoms with Crippen LogP contribution >= 0.6 is 0 Å². The minimum Gasteiger partial charge on any atom is -0.480 e. The van der Waals surface area contributed by atoms with Gasteiger partial charge in [-0.2, -0.15) is 0 Å². The van der Waals surface area contributed by atoms with Gasteiger partial charge in [-0.05, 0) is 12.8 Å². The normalized spacial score (nSPS) is 11.2. The number of nitrogens with one attached hydrogen (secondary N) is 2. The third-order valence-electron chi connectivity index (χ3n) is 1.93. The highest BCUT2D eigenvalue weighted by atomic mass is 16.4. The van der Waals surface area contributed by atoms with Gasteiger partial charge in [-0.1, -0.05) is 13.8 Å². The topological polar surface area (TPSA) is 78.4 Å². The lowest BCUT2D eigenvalue weighted by Gasteiger charge is -2.17. The van der Waals surface area contributed by atoms with Crippen LogP contribution in [-0.2, 0) is 4.79 Å². The molecule has 0 rings (SSSR count). The van der Waals surface area contributed by atoms with Gasteiger partial charge in [0.05, 0.1) is 0 Å². The van der Waals surface area contributed by atoms with Crippen molar-refractivity contribution in [2.24, 2.45) is 5.92 Å². The van der Waals surface area contributed by atoms with Gasteiger partial charge in [0.2, 0.25) is 0 Å². The third-order valence-corrected chi connectivity index (χ3v) is 1.93. The molecule has 0 aliphatic heterocycles. The zero-order valence-electron chi connectivity index (χ0n) is 9.83. The molecule has 0 bridgehead atoms. The minimum atomic E-state index is -1.03. The van der Waals surface area contributed by atoms with Gasteiger partial charge in [-0.3, -0.25) is 0 Å². The Morgan fingerprint density at radius 1 is 1.38 bits per heavy atom. The van der Waals surface area contributed by atoms with Crippen LogP contribution in [-0.4, -0.2) is 29.7 Å². The van der Waals surface area contributed by atoms with E-state index in [-0.39, 0.29) is 5.92 Å². The van der Waals surface area contributed by atoms with E-state index in [1.165, 1.54) is 0 Å². The first-order valence-corrected chi connectivity index (χ1v) is 5.15. The number of carbonyl (C=O) groups excluding carboxylic acids is 1. The molecule has 0 spiro atoms. The lowest BCUT2D eigenvalue weighted by atomic mass is 10.1. The van der Waals surface area contributed by atoms with E-state index in [0.29, 0.717) is 13.0 Å². The van der Waals surface area contributed by atoms with Crippen molar-refractivity contribution in [1.29, 1.82) is 0 Å². The second-order valence-corrected chi connectivity index (χ2v) is 3.64. The zero-order chi connectivity index (χ0) is 12.6. The van der Waals surface area contributed by atoms with Crippen molar-refractivity contribution in [3.63, 3.8) is 0 Å². The van der Waals surface area contributed by atoms with Crippen molar-refractivity contribution in [2.45, 2.75) is 33.2 Å². The maximum absolute atomic E-state index is 11.3. The molecule has 5 heteroatoms. The van der Waals surface area contributed by atoms with Crippen LogP contribution in [0.15, 0.2) is 0 Å². The quantitative estimate of drug-likeness (QED) is 0.479. The Morgan fingerprint density at radius 3 is 2.44 bits per heavy atom. The van der Waals surface area contributed by atoms with Crippen molar-refractivity contribution in [1.82, 2.24) is 10.6 Å². The molecule has 0 aliphatic carbocycles. The predicted octanol–water partition coefficient (Wildman–Crippen LogP) is 0.808. The van der Waals surface area contributed by atoms with Crippen LogP contribution in [0.4, 0.5) is 4.79 Å². The molecular weight excluding hydrogens is 208 g/mol. The maximum atomic E-state index is 11.3. The van der Waals surface area contributed by atoms with Gasteiger partial charge >= 0.3 is 12.0 Å². The van der Waals surface area contributed by atoms with E-state index in [1.54, 1.807) is 20.8 Å². The molecule has 2 amide bonds. The molecule has 3 N–H and O–H groups in total. The van der Waals surface area contributed by atoms with E-state index in [1.807, 2.05) is 0 Å². The van der Waals surface area contributed by atoms with Crippen LogP contribution < -0.4 is 10.6 Å². The Morgan fingerprint density at radius 2 is 2.00 bits per heavy atom. The molecule has 0 fully saturated rings. The standard InChI is InChI=1S/C11H18N2O3/c1-4-5-6-7-12-11(16)13-9(8(2)3)10(14)15/h8-9H,6-7H2,1-3H3,(H,14,15)(H2,12,13,16). The van der Waals surface area contributed by atoms with E-state index in [2.05, 4.69) is 22.5 Å². The molecule has 5 nitrogen and oxygen atoms in total. The Labute approximate surface area is 95.6 Å². The Hall–Kier alpha value is -1.70. The SMILES string of the molecule is CC#CCCNC(=O)NC(C(=O)O)C(C)C. The fraction of sp³-hybridized carbons (Fsp3) is 0.636. The summed E-state index contributed by atoms with van der Waals surface area (Å²) in [7, 11) is 0. The van der Waals surface area contributed by atoms with Crippen LogP contribution in [0.5, 0.6) is 0 Å². The molecule has 0 saturated heterocycles. The number of hydrogen-bond donors (Lipinski definition) is 3. The summed E-state index contributed by atoms with van der Waals surface area (Å²) in [4.78, 5) is 22.1. The van der Waals surface area contributed by atoms with E-state index in [4.69, 9.17) is 5.11 Å². The number of carboxylic acids is 1. The van der Waals surface area contributed by atoms with Gasteiger partial charge in [-0.15, -0.1) is 11.8 Å². The fourth-order valence-electron chi connectivity index (χ4n) is 1.07. The summed E-state index contributed by atoms with van der Waals surface area (Å²) in [5.41, 5.74) is 0. The summed E-state index contributed by atoms with van der Waals surface area (Å²) in [5, 5.41) is 13.8. The summed E-state index contributed by atoms with van der Waals surface area (Å²) < 4.78 is 0. The fourth-order valence-corrected chi connectivity index (χ4v) is 1.07. The largest absolute Gasteiger partial charge is 0.480 e. The molecular formula is C11H18N2O3. The van der Waals surface area contributed by atoms with Crippen molar-refractivity contribution in [3.05, 3.63) is 0 Å². The Kier molecular flexibility index (Phi) is 6.77. The van der Waals surface area contributed by atoms with Crippen LogP contribution in [0, 0.1) is 17.8 Å². The van der Waals surface area contributed by atoms with Gasteiger partial charge in [0.1, 0.15) is 6.04 Å². The number of aliphatic carboxylic acids is 1. The van der Waals surface area contributed by atoms with Crippen LogP contribution in [0.25, 0.3) is 0 Å². The first kappa shape index (κ1) is 14.3. The molecule has 0 radical (unpaired) electrons. The van der Waals surface area contributed by atoms with E-state index in [0.717, 1.165) is 0 Å². The lowest BCUT2D eigenvalue weighted by Crippen LogP contribution is -2.48. The summed E-state index contributed by atoms with van der Waals surface area (Å²) in [6.07, 6.45) is 0.559.